The van der Waals surface area contributed by atoms with Crippen molar-refractivity contribution in [2.24, 2.45) is 5.92 Å². The number of hydrogen-bond acceptors (Lipinski definition) is 24. The molecular weight excluding hydrogens is 1250 g/mol. The first-order valence-corrected chi connectivity index (χ1v) is 32.6. The highest BCUT2D eigenvalue weighted by atomic mass is 32.1. The van der Waals surface area contributed by atoms with E-state index in [4.69, 9.17) is 49.5 Å². The third-order valence-corrected chi connectivity index (χ3v) is 19.5. The second-order valence-corrected chi connectivity index (χ2v) is 26.2. The van der Waals surface area contributed by atoms with Crippen LogP contribution < -0.4 is 26.2 Å². The number of amides is 4. The predicted octanol–water partition coefficient (Wildman–Crippen LogP) is 9.70. The summed E-state index contributed by atoms with van der Waals surface area (Å²) in [7, 11) is 3.03. The fourth-order valence-corrected chi connectivity index (χ4v) is 14.8. The zero-order valence-electron chi connectivity index (χ0n) is 48.1. The number of nitrogens with zero attached hydrogens (tertiary/aromatic N) is 8. The van der Waals surface area contributed by atoms with Gasteiger partial charge in [0.25, 0.3) is 5.91 Å². The molecule has 0 saturated heterocycles. The Kier molecular flexibility index (Phi) is 21.4. The number of anilines is 1. The number of pyridine rings is 1. The van der Waals surface area contributed by atoms with Crippen LogP contribution in [0.1, 0.15) is 133 Å². The lowest BCUT2D eigenvalue weighted by atomic mass is 9.90. The predicted molar refractivity (Wildman–Crippen MR) is 336 cm³/mol. The Morgan fingerprint density at radius 2 is 1.45 bits per heavy atom. The number of aryl methyl sites for hydroxylation is 1. The summed E-state index contributed by atoms with van der Waals surface area (Å²) in [5.74, 6) is -4.21. The van der Waals surface area contributed by atoms with E-state index in [0.29, 0.717) is 80.2 Å². The normalized spacial score (nSPS) is 16.1. The molecule has 1 aliphatic heterocycles. The first kappa shape index (κ1) is 64.4. The summed E-state index contributed by atoms with van der Waals surface area (Å²) in [6.07, 6.45) is -2.62. The van der Waals surface area contributed by atoms with E-state index < -0.39 is 53.9 Å². The number of nitrogens with one attached hydrogen (secondary N) is 4. The molecule has 0 unspecified atom stereocenters. The molecule has 4 atom stereocenters. The number of aliphatic hydroxyl groups is 1. The maximum Gasteiger partial charge on any atom is 0.415 e. The van der Waals surface area contributed by atoms with Crippen molar-refractivity contribution in [1.82, 2.24) is 56.2 Å². The number of rotatable bonds is 17. The van der Waals surface area contributed by atoms with E-state index >= 15 is 0 Å². The lowest BCUT2D eigenvalue weighted by Crippen LogP contribution is -2.38. The number of carboxylic acid groups (broad SMARTS) is 2. The van der Waals surface area contributed by atoms with Gasteiger partial charge in [-0.1, -0.05) is 50.8 Å². The van der Waals surface area contributed by atoms with E-state index in [2.05, 4.69) is 27.8 Å². The minimum Gasteiger partial charge on any atom is -0.481 e. The number of benzene rings is 1. The molecule has 10 bridgehead atoms. The third kappa shape index (κ3) is 15.6. The summed E-state index contributed by atoms with van der Waals surface area (Å²) >= 11 is 7.32. The van der Waals surface area contributed by atoms with Crippen LogP contribution in [0.2, 0.25) is 0 Å². The van der Waals surface area contributed by atoms with Gasteiger partial charge in [0.05, 0.1) is 53.5 Å². The number of carbonyl (C=O) groups is 7. The molecule has 9 rings (SSSR count). The van der Waals surface area contributed by atoms with E-state index in [-0.39, 0.29) is 99.7 Å². The molecule has 1 aliphatic rings. The molecule has 8 heterocycles. The first-order valence-electron chi connectivity index (χ1n) is 27.5. The molecular formula is C58H60N12O12S6. The standard InChI is InChI=1S/C58H60N12O12S6/c1-28(2)33-20-39(71)47-30(4)87-56(69-47)35(21-42(72)59-5)62-51(79)37-25-83-52(64-37)32-16-17-34(54-66-41(27-86-54)70(18-10-14-44(74)75)58(80)82-19-11-15-45(76)77)61-48(32)36-24-84-55(63-36)38-26-85-57(65-38)49(50(78)31-12-8-7-9-13-31)67-43(73)22-60-29(3)46-40(23-81-6)88-53(33)68-46/h7-9,12-13,16-17,24-28,33,35,49-50,60,78H,3,10-11,14-15,18-23H2,1-2,4-6H3,(H,59,72)(H,62,79)(H,67,73)(H,74,75)(H,76,77)/t33-,35+,49+,50+/m1/s1. The number of thiazole rings is 6. The topological polar surface area (TPSA) is 340 Å². The molecule has 460 valence electrons. The van der Waals surface area contributed by atoms with Crippen LogP contribution in [0.5, 0.6) is 0 Å². The molecule has 0 fully saturated rings. The molecule has 7 aromatic heterocycles. The number of methoxy groups -OCH3 is 1. The van der Waals surface area contributed by atoms with Crippen molar-refractivity contribution < 1.29 is 58.4 Å². The van der Waals surface area contributed by atoms with Gasteiger partial charge in [0, 0.05) is 77.8 Å². The number of hydrogen-bond donors (Lipinski definition) is 7. The molecule has 1 aromatic carbocycles. The van der Waals surface area contributed by atoms with Crippen LogP contribution in [-0.4, -0.2) is 126 Å². The van der Waals surface area contributed by atoms with Gasteiger partial charge < -0.3 is 46.1 Å². The number of carbonyl (C=O) groups excluding carboxylic acids is 5. The average Bonchev–Trinajstić information content (AvgIpc) is 4.25. The van der Waals surface area contributed by atoms with Gasteiger partial charge in [0.2, 0.25) is 11.8 Å². The molecule has 30 heteroatoms. The summed E-state index contributed by atoms with van der Waals surface area (Å²) in [5, 5.41) is 51.3. The van der Waals surface area contributed by atoms with Crippen LogP contribution in [0.25, 0.3) is 49.1 Å². The van der Waals surface area contributed by atoms with Gasteiger partial charge in [-0.25, -0.2) is 39.7 Å². The molecule has 7 N–H and O–H groups in total. The van der Waals surface area contributed by atoms with Crippen molar-refractivity contribution in [2.45, 2.75) is 90.0 Å². The van der Waals surface area contributed by atoms with Crippen LogP contribution in [0.3, 0.4) is 0 Å². The summed E-state index contributed by atoms with van der Waals surface area (Å²) in [4.78, 5) is 129. The highest BCUT2D eigenvalue weighted by Crippen LogP contribution is 2.41. The van der Waals surface area contributed by atoms with E-state index in [1.807, 2.05) is 19.9 Å². The van der Waals surface area contributed by atoms with Crippen molar-refractivity contribution in [1.29, 1.82) is 0 Å². The fraction of sp³-hybridized carbons (Fsp3) is 0.345. The fourth-order valence-electron chi connectivity index (χ4n) is 9.19. The Balaban J connectivity index is 1.12. The number of carboxylic acids is 2. The Morgan fingerprint density at radius 3 is 2.19 bits per heavy atom. The number of aromatic nitrogens is 7. The second kappa shape index (κ2) is 29.3. The molecule has 4 amide bonds. The van der Waals surface area contributed by atoms with Crippen LogP contribution in [0.4, 0.5) is 10.6 Å². The Bertz CT molecular complexity index is 3870. The number of aliphatic hydroxyl groups excluding tert-OH is 1. The van der Waals surface area contributed by atoms with Gasteiger partial charge in [-0.3, -0.25) is 33.7 Å². The van der Waals surface area contributed by atoms with Crippen molar-refractivity contribution in [2.75, 3.05) is 38.8 Å². The quantitative estimate of drug-likeness (QED) is 0.0417. The largest absolute Gasteiger partial charge is 0.481 e. The van der Waals surface area contributed by atoms with Crippen molar-refractivity contribution in [3.05, 3.63) is 118 Å². The highest BCUT2D eigenvalue weighted by Gasteiger charge is 2.33. The van der Waals surface area contributed by atoms with Gasteiger partial charge in [0.15, 0.2) is 5.78 Å². The number of Topliss-reactive ketones (excluding diaryl/α,β-unsaturated/α-hetero) is 1. The zero-order chi connectivity index (χ0) is 62.8. The lowest BCUT2D eigenvalue weighted by Gasteiger charge is -2.23. The third-order valence-electron chi connectivity index (χ3n) is 13.7. The van der Waals surface area contributed by atoms with Crippen LogP contribution in [-0.2, 0) is 35.3 Å². The second-order valence-electron chi connectivity index (χ2n) is 20.3. The lowest BCUT2D eigenvalue weighted by molar-refractivity contribution is -0.138. The van der Waals surface area contributed by atoms with Crippen molar-refractivity contribution >= 4 is 121 Å². The number of ether oxygens (including phenoxy) is 2. The minimum atomic E-state index is -1.24. The van der Waals surface area contributed by atoms with Crippen molar-refractivity contribution in [3.63, 3.8) is 0 Å². The van der Waals surface area contributed by atoms with Crippen LogP contribution in [0, 0.1) is 12.8 Å². The van der Waals surface area contributed by atoms with Gasteiger partial charge in [0.1, 0.15) is 77.2 Å². The maximum atomic E-state index is 14.4. The monoisotopic (exact) mass is 1310 g/mol. The molecule has 0 aliphatic carbocycles. The molecule has 0 saturated carbocycles. The van der Waals surface area contributed by atoms with Crippen LogP contribution >= 0.6 is 68.0 Å². The van der Waals surface area contributed by atoms with Crippen molar-refractivity contribution in [3.8, 4) is 43.4 Å². The smallest absolute Gasteiger partial charge is 0.415 e. The van der Waals surface area contributed by atoms with E-state index in [1.54, 1.807) is 72.0 Å². The van der Waals surface area contributed by atoms with Gasteiger partial charge in [-0.05, 0) is 43.4 Å². The van der Waals surface area contributed by atoms with Gasteiger partial charge in [-0.2, -0.15) is 0 Å². The molecule has 8 aromatic rings. The van der Waals surface area contributed by atoms with Crippen LogP contribution in [0.15, 0.2) is 70.6 Å². The maximum absolute atomic E-state index is 14.4. The number of ketones is 1. The minimum absolute atomic E-state index is 0.00879. The van der Waals surface area contributed by atoms with E-state index in [1.165, 1.54) is 57.3 Å². The summed E-state index contributed by atoms with van der Waals surface area (Å²) < 4.78 is 11.0. The summed E-state index contributed by atoms with van der Waals surface area (Å²) in [6, 6.07) is 10.3. The first-order chi connectivity index (χ1) is 42.3. The Morgan fingerprint density at radius 1 is 0.761 bits per heavy atom. The molecule has 88 heavy (non-hydrogen) atoms. The molecule has 0 radical (unpaired) electrons. The van der Waals surface area contributed by atoms with Gasteiger partial charge >= 0.3 is 18.0 Å². The highest BCUT2D eigenvalue weighted by molar-refractivity contribution is 7.15. The Hall–Kier alpha value is -8.10. The van der Waals surface area contributed by atoms with E-state index in [0.717, 1.165) is 27.6 Å². The Labute approximate surface area is 528 Å². The summed E-state index contributed by atoms with van der Waals surface area (Å²) in [6.45, 7) is 9.62. The zero-order valence-corrected chi connectivity index (χ0v) is 53.0. The van der Waals surface area contributed by atoms with E-state index in [9.17, 15) is 43.8 Å². The molecule has 24 nitrogen and oxygen atoms in total. The average molecular weight is 1310 g/mol. The molecule has 0 spiro atoms. The van der Waals surface area contributed by atoms with Gasteiger partial charge in [-0.15, -0.1) is 68.0 Å². The SMILES string of the molecule is C=C1NCC(=O)N[C@@H]([C@@H](O)c2ccccc2)c2nc(cs2)-c2nc(cs2)-c2nc(-c3nc(N(CCCC(=O)O)C(=O)OCCCC(=O)O)cs3)ccc2-c2nc(cs2)C(=O)N[C@@H](CC(=O)NC)c2nc(c(C)s2)C(=O)C[C@H](C(C)C)c2nc1c(COC)s2. The number of fused-ring (bicyclic) bond motifs is 14. The summed E-state index contributed by atoms with van der Waals surface area (Å²) in [5.41, 5.74) is 3.42. The number of aliphatic carboxylic acids is 2.